The van der Waals surface area contributed by atoms with Crippen LogP contribution in [0, 0.1) is 11.6 Å². The van der Waals surface area contributed by atoms with E-state index in [1.807, 2.05) is 0 Å². The third-order valence-corrected chi connectivity index (χ3v) is 5.60. The molecule has 0 aliphatic rings. The number of carbonyl (C=O) groups excluding carboxylic acids is 1. The Labute approximate surface area is 192 Å². The van der Waals surface area contributed by atoms with E-state index in [1.165, 1.54) is 19.4 Å². The maximum atomic E-state index is 14.3. The quantitative estimate of drug-likeness (QED) is 0.264. The molecule has 3 N–H and O–H groups in total. The number of nitrogens with two attached hydrogens (primary N) is 1. The number of Topliss-reactive ketones (excluding diaryl/α,β-unsaturated/α-hetero) is 1. The third-order valence-electron chi connectivity index (χ3n) is 5.22. The van der Waals surface area contributed by atoms with Crippen molar-refractivity contribution in [2.75, 3.05) is 12.3 Å². The zero-order chi connectivity index (χ0) is 23.7. The number of nitrogens with zero attached hydrogens (tertiary/aromatic N) is 1. The standard InChI is InChI=1S/C24H19ClF2N2O4/c1-12(20-17(26)5-6-18(27)21(20)25)33-23-22-15(10-29-24(23)28)16(11-32-22)13-3-2-4-14(9-13)19(31)7-8-30/h2-6,9-12,30H,7-8H2,1H3,(H2,28,29)/t12-/m1/s1. The SMILES string of the molecule is C[C@@H](Oc1c(N)ncc2c(-c3cccc(C(=O)CCO)c3)coc12)c1c(F)ccc(F)c1Cl. The Morgan fingerprint density at radius 3 is 2.79 bits per heavy atom. The highest BCUT2D eigenvalue weighted by atomic mass is 35.5. The lowest BCUT2D eigenvalue weighted by Gasteiger charge is -2.18. The molecule has 0 fully saturated rings. The maximum Gasteiger partial charge on any atom is 0.205 e. The van der Waals surface area contributed by atoms with Gasteiger partial charge in [0.05, 0.1) is 23.3 Å². The second-order valence-corrected chi connectivity index (χ2v) is 7.74. The minimum absolute atomic E-state index is 0.00458. The number of anilines is 1. The lowest BCUT2D eigenvalue weighted by atomic mass is 10.0. The molecule has 0 bridgehead atoms. The number of nitrogen functional groups attached to an aromatic ring is 1. The fourth-order valence-electron chi connectivity index (χ4n) is 3.57. The van der Waals surface area contributed by atoms with Crippen LogP contribution in [0.4, 0.5) is 14.6 Å². The summed E-state index contributed by atoms with van der Waals surface area (Å²) in [6, 6.07) is 8.76. The number of fused-ring (bicyclic) bond motifs is 1. The molecule has 2 aromatic heterocycles. The van der Waals surface area contributed by atoms with Crippen molar-refractivity contribution in [2.24, 2.45) is 0 Å². The predicted molar refractivity (Wildman–Crippen MR) is 120 cm³/mol. The number of benzene rings is 2. The number of aliphatic hydroxyl groups is 1. The zero-order valence-electron chi connectivity index (χ0n) is 17.4. The summed E-state index contributed by atoms with van der Waals surface area (Å²) in [6.07, 6.45) is 1.98. The Morgan fingerprint density at radius 2 is 2.03 bits per heavy atom. The zero-order valence-corrected chi connectivity index (χ0v) is 18.2. The number of aliphatic hydroxyl groups excluding tert-OH is 1. The monoisotopic (exact) mass is 472 g/mol. The smallest absolute Gasteiger partial charge is 0.205 e. The van der Waals surface area contributed by atoms with Gasteiger partial charge in [0, 0.05) is 29.3 Å². The molecule has 2 heterocycles. The number of aromatic nitrogens is 1. The van der Waals surface area contributed by atoms with Crippen molar-refractivity contribution in [1.82, 2.24) is 4.98 Å². The van der Waals surface area contributed by atoms with Crippen LogP contribution in [0.25, 0.3) is 22.1 Å². The number of carbonyl (C=O) groups is 1. The van der Waals surface area contributed by atoms with Crippen molar-refractivity contribution in [2.45, 2.75) is 19.4 Å². The van der Waals surface area contributed by atoms with Crippen LogP contribution in [0.3, 0.4) is 0 Å². The van der Waals surface area contributed by atoms with Crippen LogP contribution in [0.5, 0.6) is 5.75 Å². The molecule has 170 valence electrons. The molecule has 0 amide bonds. The summed E-state index contributed by atoms with van der Waals surface area (Å²) in [7, 11) is 0. The van der Waals surface area contributed by atoms with E-state index in [-0.39, 0.29) is 46.5 Å². The van der Waals surface area contributed by atoms with Crippen molar-refractivity contribution in [3.63, 3.8) is 0 Å². The number of hydrogen-bond donors (Lipinski definition) is 2. The number of halogens is 3. The lowest BCUT2D eigenvalue weighted by Crippen LogP contribution is -2.09. The second-order valence-electron chi connectivity index (χ2n) is 7.36. The van der Waals surface area contributed by atoms with E-state index in [1.54, 1.807) is 24.3 Å². The van der Waals surface area contributed by atoms with Gasteiger partial charge in [0.1, 0.15) is 17.7 Å². The van der Waals surface area contributed by atoms with Gasteiger partial charge in [-0.1, -0.05) is 29.8 Å². The van der Waals surface area contributed by atoms with Crippen LogP contribution >= 0.6 is 11.6 Å². The fraction of sp³-hybridized carbons (Fsp3) is 0.167. The summed E-state index contributed by atoms with van der Waals surface area (Å²) in [5, 5.41) is 9.19. The summed E-state index contributed by atoms with van der Waals surface area (Å²) >= 11 is 5.96. The lowest BCUT2D eigenvalue weighted by molar-refractivity contribution is 0.0956. The fourth-order valence-corrected chi connectivity index (χ4v) is 3.88. The Balaban J connectivity index is 1.75. The molecule has 4 aromatic rings. The highest BCUT2D eigenvalue weighted by Crippen LogP contribution is 2.40. The molecule has 1 atom stereocenters. The first kappa shape index (κ1) is 22.7. The Morgan fingerprint density at radius 1 is 1.27 bits per heavy atom. The van der Waals surface area contributed by atoms with Crippen molar-refractivity contribution in [1.29, 1.82) is 0 Å². The summed E-state index contributed by atoms with van der Waals surface area (Å²) < 4.78 is 39.8. The molecule has 2 aromatic carbocycles. The first-order valence-electron chi connectivity index (χ1n) is 10.0. The number of furan rings is 1. The summed E-state index contributed by atoms with van der Waals surface area (Å²) in [5.74, 6) is -1.64. The summed E-state index contributed by atoms with van der Waals surface area (Å²) in [5.41, 5.74) is 7.85. The van der Waals surface area contributed by atoms with E-state index in [0.29, 0.717) is 22.1 Å². The number of ketones is 1. The molecule has 4 rings (SSSR count). The van der Waals surface area contributed by atoms with Crippen LogP contribution in [0.15, 0.2) is 53.3 Å². The molecule has 0 saturated carbocycles. The van der Waals surface area contributed by atoms with E-state index in [9.17, 15) is 13.6 Å². The van der Waals surface area contributed by atoms with Gasteiger partial charge in [-0.15, -0.1) is 0 Å². The molecule has 33 heavy (non-hydrogen) atoms. The largest absolute Gasteiger partial charge is 0.478 e. The molecular formula is C24H19ClF2N2O4. The number of rotatable bonds is 7. The molecule has 0 saturated heterocycles. The van der Waals surface area contributed by atoms with Crippen LogP contribution < -0.4 is 10.5 Å². The van der Waals surface area contributed by atoms with Crippen LogP contribution in [-0.4, -0.2) is 22.5 Å². The number of hydrogen-bond acceptors (Lipinski definition) is 6. The van der Waals surface area contributed by atoms with Gasteiger partial charge in [-0.05, 0) is 30.7 Å². The Bertz CT molecular complexity index is 1360. The molecular weight excluding hydrogens is 454 g/mol. The van der Waals surface area contributed by atoms with Gasteiger partial charge in [0.25, 0.3) is 0 Å². The highest BCUT2D eigenvalue weighted by Gasteiger charge is 2.24. The highest BCUT2D eigenvalue weighted by molar-refractivity contribution is 6.31. The molecule has 6 nitrogen and oxygen atoms in total. The van der Waals surface area contributed by atoms with Crippen molar-refractivity contribution >= 4 is 34.2 Å². The average Bonchev–Trinajstić information content (AvgIpc) is 3.23. The average molecular weight is 473 g/mol. The summed E-state index contributed by atoms with van der Waals surface area (Å²) in [4.78, 5) is 16.3. The molecule has 0 aliphatic heterocycles. The minimum atomic E-state index is -1.00. The van der Waals surface area contributed by atoms with E-state index < -0.39 is 17.7 Å². The normalized spacial score (nSPS) is 12.2. The van der Waals surface area contributed by atoms with Crippen molar-refractivity contribution in [3.05, 3.63) is 76.6 Å². The Kier molecular flexibility index (Phi) is 6.31. The maximum absolute atomic E-state index is 14.3. The molecule has 0 spiro atoms. The predicted octanol–water partition coefficient (Wildman–Crippen LogP) is 5.71. The number of pyridine rings is 1. The molecule has 9 heteroatoms. The number of ether oxygens (including phenoxy) is 1. The van der Waals surface area contributed by atoms with Crippen molar-refractivity contribution < 1.29 is 27.8 Å². The van der Waals surface area contributed by atoms with Gasteiger partial charge in [-0.25, -0.2) is 13.8 Å². The molecule has 0 radical (unpaired) electrons. The molecule has 0 aliphatic carbocycles. The van der Waals surface area contributed by atoms with E-state index >= 15 is 0 Å². The third kappa shape index (κ3) is 4.27. The first-order chi connectivity index (χ1) is 15.8. The van der Waals surface area contributed by atoms with Gasteiger partial charge < -0.3 is 20.0 Å². The van der Waals surface area contributed by atoms with Gasteiger partial charge in [0.2, 0.25) is 5.75 Å². The van der Waals surface area contributed by atoms with Gasteiger partial charge in [-0.2, -0.15) is 0 Å². The van der Waals surface area contributed by atoms with Crippen molar-refractivity contribution in [3.8, 4) is 16.9 Å². The van der Waals surface area contributed by atoms with E-state index in [2.05, 4.69) is 4.98 Å². The van der Waals surface area contributed by atoms with E-state index in [4.69, 9.17) is 31.6 Å². The topological polar surface area (TPSA) is 98.6 Å². The van der Waals surface area contributed by atoms with Crippen LogP contribution in [0.1, 0.15) is 35.4 Å². The van der Waals surface area contributed by atoms with Gasteiger partial charge >= 0.3 is 0 Å². The molecule has 0 unspecified atom stereocenters. The summed E-state index contributed by atoms with van der Waals surface area (Å²) in [6.45, 7) is 1.26. The first-order valence-corrected chi connectivity index (χ1v) is 10.4. The minimum Gasteiger partial charge on any atom is -0.478 e. The van der Waals surface area contributed by atoms with E-state index in [0.717, 1.165) is 12.1 Å². The van der Waals surface area contributed by atoms with Gasteiger partial charge in [0.15, 0.2) is 17.2 Å². The second kappa shape index (κ2) is 9.17. The van der Waals surface area contributed by atoms with Gasteiger partial charge in [-0.3, -0.25) is 4.79 Å². The van der Waals surface area contributed by atoms with Crippen LogP contribution in [-0.2, 0) is 0 Å². The van der Waals surface area contributed by atoms with Crippen LogP contribution in [0.2, 0.25) is 5.02 Å². The Hall–Kier alpha value is -3.49.